The number of methoxy groups -OCH3 is 1. The Hall–Kier alpha value is -1.55. The molecule has 0 radical (unpaired) electrons. The zero-order valence-electron chi connectivity index (χ0n) is 12.7. The minimum Gasteiger partial charge on any atom is -0.497 e. The van der Waals surface area contributed by atoms with Gasteiger partial charge in [0.05, 0.1) is 13.0 Å². The van der Waals surface area contributed by atoms with Crippen molar-refractivity contribution in [2.24, 2.45) is 5.92 Å². The molecule has 0 saturated carbocycles. The molecule has 1 heterocycles. The number of hydrogen-bond acceptors (Lipinski definition) is 3. The van der Waals surface area contributed by atoms with Gasteiger partial charge in [-0.1, -0.05) is 6.07 Å². The number of ether oxygens (including phenoxy) is 1. The largest absolute Gasteiger partial charge is 0.497 e. The van der Waals surface area contributed by atoms with Crippen molar-refractivity contribution in [2.75, 3.05) is 13.7 Å². The van der Waals surface area contributed by atoms with Gasteiger partial charge in [0.15, 0.2) is 0 Å². The fraction of sp³-hybridized carbons (Fsp3) is 0.588. The molecule has 2 aliphatic rings. The third-order valence-corrected chi connectivity index (χ3v) is 5.16. The maximum Gasteiger partial charge on any atom is 0.308 e. The summed E-state index contributed by atoms with van der Waals surface area (Å²) in [5.41, 5.74) is 2.72. The van der Waals surface area contributed by atoms with Gasteiger partial charge in [-0.15, -0.1) is 0 Å². The normalized spacial score (nSPS) is 29.1. The number of benzene rings is 1. The molecule has 4 nitrogen and oxygen atoms in total. The van der Waals surface area contributed by atoms with E-state index in [1.807, 2.05) is 6.07 Å². The van der Waals surface area contributed by atoms with Crippen molar-refractivity contribution in [3.8, 4) is 5.75 Å². The summed E-state index contributed by atoms with van der Waals surface area (Å²) in [7, 11) is 1.69. The van der Waals surface area contributed by atoms with E-state index in [1.165, 1.54) is 17.5 Å². The summed E-state index contributed by atoms with van der Waals surface area (Å²) in [5, 5.41) is 9.33. The van der Waals surface area contributed by atoms with Crippen LogP contribution in [0.4, 0.5) is 0 Å². The molecule has 3 unspecified atom stereocenters. The topological polar surface area (TPSA) is 49.8 Å². The summed E-state index contributed by atoms with van der Waals surface area (Å²) in [6.07, 6.45) is 4.15. The predicted molar refractivity (Wildman–Crippen MR) is 80.6 cm³/mol. The summed E-state index contributed by atoms with van der Waals surface area (Å²) in [6.45, 7) is 2.93. The first-order chi connectivity index (χ1) is 10.1. The molecule has 1 saturated heterocycles. The smallest absolute Gasteiger partial charge is 0.308 e. The van der Waals surface area contributed by atoms with E-state index in [-0.39, 0.29) is 12.0 Å². The lowest BCUT2D eigenvalue weighted by molar-refractivity contribution is -0.142. The van der Waals surface area contributed by atoms with Crippen molar-refractivity contribution in [1.29, 1.82) is 0 Å². The van der Waals surface area contributed by atoms with Crippen molar-refractivity contribution < 1.29 is 14.6 Å². The first-order valence-corrected chi connectivity index (χ1v) is 7.77. The van der Waals surface area contributed by atoms with Crippen molar-refractivity contribution >= 4 is 5.97 Å². The maximum absolute atomic E-state index is 11.3. The van der Waals surface area contributed by atoms with E-state index in [0.717, 1.165) is 31.6 Å². The van der Waals surface area contributed by atoms with E-state index in [0.29, 0.717) is 6.04 Å². The summed E-state index contributed by atoms with van der Waals surface area (Å²) >= 11 is 0. The van der Waals surface area contributed by atoms with Crippen LogP contribution in [-0.4, -0.2) is 35.7 Å². The molecule has 1 aromatic rings. The van der Waals surface area contributed by atoms with Crippen LogP contribution < -0.4 is 4.74 Å². The Morgan fingerprint density at radius 2 is 2.19 bits per heavy atom. The molecule has 1 aromatic carbocycles. The maximum atomic E-state index is 11.3. The van der Waals surface area contributed by atoms with Crippen molar-refractivity contribution in [1.82, 2.24) is 4.90 Å². The lowest BCUT2D eigenvalue weighted by Gasteiger charge is -2.36. The predicted octanol–water partition coefficient (Wildman–Crippen LogP) is 2.87. The zero-order valence-corrected chi connectivity index (χ0v) is 12.7. The van der Waals surface area contributed by atoms with Gasteiger partial charge in [-0.2, -0.15) is 0 Å². The van der Waals surface area contributed by atoms with Gasteiger partial charge in [0.2, 0.25) is 0 Å². The molecule has 1 fully saturated rings. The summed E-state index contributed by atoms with van der Waals surface area (Å²) < 4.78 is 5.36. The van der Waals surface area contributed by atoms with Crippen LogP contribution in [0.1, 0.15) is 43.4 Å². The van der Waals surface area contributed by atoms with E-state index in [4.69, 9.17) is 4.74 Å². The average molecular weight is 289 g/mol. The third-order valence-electron chi connectivity index (χ3n) is 5.16. The second-order valence-corrected chi connectivity index (χ2v) is 6.18. The number of aliphatic carboxylic acids is 1. The van der Waals surface area contributed by atoms with E-state index >= 15 is 0 Å². The van der Waals surface area contributed by atoms with E-state index in [1.54, 1.807) is 7.11 Å². The summed E-state index contributed by atoms with van der Waals surface area (Å²) in [6, 6.07) is 6.76. The second-order valence-electron chi connectivity index (χ2n) is 6.18. The number of rotatable bonds is 3. The van der Waals surface area contributed by atoms with E-state index in [9.17, 15) is 9.90 Å². The number of aryl methyl sites for hydroxylation is 1. The first-order valence-electron chi connectivity index (χ1n) is 7.77. The minimum absolute atomic E-state index is 0.102. The number of carbonyl (C=O) groups is 1. The Bertz CT molecular complexity index is 543. The molecule has 1 aliphatic carbocycles. The fourth-order valence-corrected chi connectivity index (χ4v) is 3.96. The molecule has 4 heteroatoms. The monoisotopic (exact) mass is 289 g/mol. The number of likely N-dealkylation sites (tertiary alicyclic amines) is 1. The number of carboxylic acids is 1. The number of nitrogens with zero attached hydrogens (tertiary/aromatic N) is 1. The van der Waals surface area contributed by atoms with Crippen LogP contribution in [-0.2, 0) is 11.2 Å². The van der Waals surface area contributed by atoms with Gasteiger partial charge >= 0.3 is 5.97 Å². The van der Waals surface area contributed by atoms with Gasteiger partial charge in [0.1, 0.15) is 5.75 Å². The quantitative estimate of drug-likeness (QED) is 0.929. The molecule has 0 aromatic heterocycles. The summed E-state index contributed by atoms with van der Waals surface area (Å²) in [4.78, 5) is 13.7. The first kappa shape index (κ1) is 14.4. The standard InChI is InChI=1S/C17H23NO3/c1-11-14(17(19)20)8-9-18(11)16-5-3-4-12-6-7-13(21-2)10-15(12)16/h6-7,10-11,14,16H,3-5,8-9H2,1-2H3,(H,19,20). The molecular weight excluding hydrogens is 266 g/mol. The van der Waals surface area contributed by atoms with Crippen LogP contribution in [0.3, 0.4) is 0 Å². The van der Waals surface area contributed by atoms with Gasteiger partial charge < -0.3 is 9.84 Å². The molecular formula is C17H23NO3. The van der Waals surface area contributed by atoms with Crippen molar-refractivity contribution in [3.05, 3.63) is 29.3 Å². The highest BCUT2D eigenvalue weighted by molar-refractivity contribution is 5.71. The van der Waals surface area contributed by atoms with Crippen LogP contribution in [0.15, 0.2) is 18.2 Å². The molecule has 3 rings (SSSR count). The Labute approximate surface area is 125 Å². The molecule has 3 atom stereocenters. The van der Waals surface area contributed by atoms with Crippen LogP contribution >= 0.6 is 0 Å². The highest BCUT2D eigenvalue weighted by Gasteiger charge is 2.40. The van der Waals surface area contributed by atoms with E-state index in [2.05, 4.69) is 24.0 Å². The fourth-order valence-electron chi connectivity index (χ4n) is 3.96. The lowest BCUT2D eigenvalue weighted by atomic mass is 9.86. The Kier molecular flexibility index (Phi) is 3.89. The van der Waals surface area contributed by atoms with E-state index < -0.39 is 5.97 Å². The second kappa shape index (κ2) is 5.68. The Morgan fingerprint density at radius 1 is 1.38 bits per heavy atom. The number of carboxylic acid groups (broad SMARTS) is 1. The highest BCUT2D eigenvalue weighted by atomic mass is 16.5. The molecule has 114 valence electrons. The highest BCUT2D eigenvalue weighted by Crippen LogP contribution is 2.41. The number of hydrogen-bond donors (Lipinski definition) is 1. The van der Waals surface area contributed by atoms with Gasteiger partial charge in [0, 0.05) is 12.1 Å². The SMILES string of the molecule is COc1ccc2c(c1)C(N1CCC(C(=O)O)C1C)CCC2. The van der Waals surface area contributed by atoms with Crippen LogP contribution in [0.25, 0.3) is 0 Å². The number of fused-ring (bicyclic) bond motifs is 1. The lowest BCUT2D eigenvalue weighted by Crippen LogP contribution is -2.37. The minimum atomic E-state index is -0.660. The van der Waals surface area contributed by atoms with Gasteiger partial charge in [-0.3, -0.25) is 9.69 Å². The van der Waals surface area contributed by atoms with Crippen LogP contribution in [0.5, 0.6) is 5.75 Å². The van der Waals surface area contributed by atoms with Crippen LogP contribution in [0.2, 0.25) is 0 Å². The Balaban J connectivity index is 1.90. The summed E-state index contributed by atoms with van der Waals surface area (Å²) in [5.74, 6) is -0.00468. The Morgan fingerprint density at radius 3 is 2.86 bits per heavy atom. The van der Waals surface area contributed by atoms with Crippen LogP contribution in [0, 0.1) is 5.92 Å². The van der Waals surface area contributed by atoms with Gasteiger partial charge in [0.25, 0.3) is 0 Å². The molecule has 21 heavy (non-hydrogen) atoms. The molecule has 1 N–H and O–H groups in total. The van der Waals surface area contributed by atoms with Crippen molar-refractivity contribution in [3.63, 3.8) is 0 Å². The molecule has 0 amide bonds. The molecule has 0 bridgehead atoms. The molecule has 0 spiro atoms. The van der Waals surface area contributed by atoms with Crippen molar-refractivity contribution in [2.45, 2.75) is 44.7 Å². The zero-order chi connectivity index (χ0) is 15.0. The van der Waals surface area contributed by atoms with Gasteiger partial charge in [-0.25, -0.2) is 0 Å². The average Bonchev–Trinajstić information content (AvgIpc) is 2.87. The van der Waals surface area contributed by atoms with Gasteiger partial charge in [-0.05, 0) is 62.4 Å². The molecule has 1 aliphatic heterocycles. The third kappa shape index (κ3) is 2.53.